The van der Waals surface area contributed by atoms with E-state index in [2.05, 4.69) is 19.2 Å². The second-order valence-electron chi connectivity index (χ2n) is 7.20. The van der Waals surface area contributed by atoms with Gasteiger partial charge in [-0.25, -0.2) is 0 Å². The smallest absolute Gasteiger partial charge is 0.309 e. The van der Waals surface area contributed by atoms with Crippen molar-refractivity contribution in [2.24, 2.45) is 11.3 Å². The molecule has 2 fully saturated rings. The van der Waals surface area contributed by atoms with E-state index in [0.29, 0.717) is 0 Å². The lowest BCUT2D eigenvalue weighted by Gasteiger charge is -2.54. The first-order valence-corrected chi connectivity index (χ1v) is 9.22. The minimum Gasteiger partial charge on any atom is -0.459 e. The minimum atomic E-state index is -0.459. The van der Waals surface area contributed by atoms with Crippen molar-refractivity contribution in [3.8, 4) is 0 Å². The van der Waals surface area contributed by atoms with Gasteiger partial charge in [0.1, 0.15) is 6.10 Å². The van der Waals surface area contributed by atoms with Crippen LogP contribution >= 0.6 is 0 Å². The van der Waals surface area contributed by atoms with Gasteiger partial charge >= 0.3 is 5.97 Å². The maximum absolute atomic E-state index is 12.5. The number of aliphatic hydroxyl groups is 1. The monoisotopic (exact) mass is 311 g/mol. The van der Waals surface area contributed by atoms with Gasteiger partial charge in [-0.3, -0.25) is 4.79 Å². The number of esters is 1. The highest BCUT2D eigenvalue weighted by Gasteiger charge is 2.56. The predicted molar refractivity (Wildman–Crippen MR) is 87.6 cm³/mol. The molecule has 3 unspecified atom stereocenters. The molecule has 1 saturated heterocycles. The zero-order valence-corrected chi connectivity index (χ0v) is 14.3. The van der Waals surface area contributed by atoms with Gasteiger partial charge in [0, 0.05) is 5.41 Å². The Morgan fingerprint density at radius 2 is 2.00 bits per heavy atom. The highest BCUT2D eigenvalue weighted by atomic mass is 16.6. The van der Waals surface area contributed by atoms with Crippen LogP contribution in [0.1, 0.15) is 71.6 Å². The standard InChI is InChI=1S/C18H33NO3/c1-3-5-6-7-8-14(4-2)17(21)22-16-15(20)13-18(16)9-11-19-12-10-18/h14-16,19-20H,3-13H2,1-2H3. The lowest BCUT2D eigenvalue weighted by Crippen LogP contribution is -2.61. The summed E-state index contributed by atoms with van der Waals surface area (Å²) < 4.78 is 5.79. The van der Waals surface area contributed by atoms with Crippen molar-refractivity contribution < 1.29 is 14.6 Å². The molecule has 0 aromatic carbocycles. The number of hydrogen-bond acceptors (Lipinski definition) is 4. The molecule has 1 heterocycles. The summed E-state index contributed by atoms with van der Waals surface area (Å²) in [5.41, 5.74) is 0.0425. The topological polar surface area (TPSA) is 58.6 Å². The first-order valence-electron chi connectivity index (χ1n) is 9.22. The summed E-state index contributed by atoms with van der Waals surface area (Å²) in [6, 6.07) is 0. The molecule has 0 radical (unpaired) electrons. The maximum atomic E-state index is 12.5. The third-order valence-corrected chi connectivity index (χ3v) is 5.64. The Kier molecular flexibility index (Phi) is 6.69. The SMILES string of the molecule is CCCCCCC(CC)C(=O)OC1C(O)CC12CCNCC2. The lowest BCUT2D eigenvalue weighted by molar-refractivity contribution is -0.211. The molecule has 128 valence electrons. The summed E-state index contributed by atoms with van der Waals surface area (Å²) in [5.74, 6) is -0.0796. The normalized spacial score (nSPS) is 28.1. The number of nitrogens with one attached hydrogen (secondary N) is 1. The van der Waals surface area contributed by atoms with E-state index in [0.717, 1.165) is 51.6 Å². The second-order valence-corrected chi connectivity index (χ2v) is 7.20. The van der Waals surface area contributed by atoms with Crippen LogP contribution in [0.2, 0.25) is 0 Å². The second kappa shape index (κ2) is 8.30. The summed E-state index contributed by atoms with van der Waals surface area (Å²) in [6.45, 7) is 6.19. The molecular formula is C18H33NO3. The molecule has 2 N–H and O–H groups in total. The average Bonchev–Trinajstić information content (AvgIpc) is 2.53. The van der Waals surface area contributed by atoms with Gasteiger partial charge in [0.05, 0.1) is 12.0 Å². The molecule has 4 nitrogen and oxygen atoms in total. The van der Waals surface area contributed by atoms with Crippen molar-refractivity contribution in [3.05, 3.63) is 0 Å². The van der Waals surface area contributed by atoms with Gasteiger partial charge in [-0.2, -0.15) is 0 Å². The Bertz CT molecular complexity index is 347. The highest BCUT2D eigenvalue weighted by molar-refractivity contribution is 5.72. The van der Waals surface area contributed by atoms with Crippen LogP contribution in [-0.2, 0) is 9.53 Å². The molecule has 1 aliphatic carbocycles. The van der Waals surface area contributed by atoms with E-state index in [1.54, 1.807) is 0 Å². The van der Waals surface area contributed by atoms with Crippen molar-refractivity contribution in [1.29, 1.82) is 0 Å². The van der Waals surface area contributed by atoms with E-state index in [1.807, 2.05) is 0 Å². The molecule has 0 aromatic heterocycles. The van der Waals surface area contributed by atoms with Crippen LogP contribution in [0.15, 0.2) is 0 Å². The highest BCUT2D eigenvalue weighted by Crippen LogP contribution is 2.50. The van der Waals surface area contributed by atoms with Crippen LogP contribution in [0.3, 0.4) is 0 Å². The number of carbonyl (C=O) groups is 1. The summed E-state index contributed by atoms with van der Waals surface area (Å²) in [6.07, 6.45) is 8.59. The quantitative estimate of drug-likeness (QED) is 0.534. The van der Waals surface area contributed by atoms with Gasteiger partial charge in [0.15, 0.2) is 0 Å². The lowest BCUT2D eigenvalue weighted by atomic mass is 9.59. The fourth-order valence-electron chi connectivity index (χ4n) is 4.03. The molecule has 2 rings (SSSR count). The van der Waals surface area contributed by atoms with E-state index < -0.39 is 6.10 Å². The van der Waals surface area contributed by atoms with Crippen LogP contribution in [0, 0.1) is 11.3 Å². The van der Waals surface area contributed by atoms with Gasteiger partial charge in [-0.15, -0.1) is 0 Å². The molecular weight excluding hydrogens is 278 g/mol. The van der Waals surface area contributed by atoms with Crippen molar-refractivity contribution in [1.82, 2.24) is 5.32 Å². The van der Waals surface area contributed by atoms with E-state index in [-0.39, 0.29) is 23.4 Å². The molecule has 22 heavy (non-hydrogen) atoms. The zero-order chi connectivity index (χ0) is 16.0. The third kappa shape index (κ3) is 4.02. The number of hydrogen-bond donors (Lipinski definition) is 2. The number of ether oxygens (including phenoxy) is 1. The van der Waals surface area contributed by atoms with E-state index >= 15 is 0 Å². The van der Waals surface area contributed by atoms with Crippen LogP contribution in [0.5, 0.6) is 0 Å². The van der Waals surface area contributed by atoms with Crippen molar-refractivity contribution in [2.45, 2.75) is 83.8 Å². The summed E-state index contributed by atoms with van der Waals surface area (Å²) in [7, 11) is 0. The van der Waals surface area contributed by atoms with Gasteiger partial charge in [-0.1, -0.05) is 39.5 Å². The van der Waals surface area contributed by atoms with Gasteiger partial charge in [0.2, 0.25) is 0 Å². The predicted octanol–water partition coefficient (Wildman–Crippen LogP) is 3.03. The minimum absolute atomic E-state index is 0.00317. The Balaban J connectivity index is 1.83. The van der Waals surface area contributed by atoms with Gasteiger partial charge in [-0.05, 0) is 45.2 Å². The number of rotatable bonds is 8. The third-order valence-electron chi connectivity index (χ3n) is 5.64. The Hall–Kier alpha value is -0.610. The van der Waals surface area contributed by atoms with Gasteiger partial charge in [0.25, 0.3) is 0 Å². The Labute approximate surface area is 135 Å². The maximum Gasteiger partial charge on any atom is 0.309 e. The van der Waals surface area contributed by atoms with Crippen LogP contribution < -0.4 is 5.32 Å². The number of unbranched alkanes of at least 4 members (excludes halogenated alkanes) is 3. The van der Waals surface area contributed by atoms with Crippen LogP contribution in [-0.4, -0.2) is 36.4 Å². The molecule has 3 atom stereocenters. The Morgan fingerprint density at radius 1 is 1.27 bits per heavy atom. The summed E-state index contributed by atoms with van der Waals surface area (Å²) in [4.78, 5) is 12.5. The molecule has 1 saturated carbocycles. The van der Waals surface area contributed by atoms with Crippen LogP contribution in [0.25, 0.3) is 0 Å². The fourth-order valence-corrected chi connectivity index (χ4v) is 4.03. The van der Waals surface area contributed by atoms with E-state index in [4.69, 9.17) is 4.74 Å². The largest absolute Gasteiger partial charge is 0.459 e. The molecule has 1 aliphatic heterocycles. The molecule has 0 amide bonds. The molecule has 0 bridgehead atoms. The van der Waals surface area contributed by atoms with Crippen molar-refractivity contribution >= 4 is 5.97 Å². The molecule has 1 spiro atoms. The average molecular weight is 311 g/mol. The zero-order valence-electron chi connectivity index (χ0n) is 14.3. The number of aliphatic hydroxyl groups excluding tert-OH is 1. The molecule has 4 heteroatoms. The van der Waals surface area contributed by atoms with Crippen molar-refractivity contribution in [2.75, 3.05) is 13.1 Å². The number of carbonyl (C=O) groups excluding carboxylic acids is 1. The Morgan fingerprint density at radius 3 is 2.59 bits per heavy atom. The molecule has 2 aliphatic rings. The van der Waals surface area contributed by atoms with Crippen molar-refractivity contribution in [3.63, 3.8) is 0 Å². The van der Waals surface area contributed by atoms with E-state index in [1.165, 1.54) is 19.3 Å². The first kappa shape index (κ1) is 17.7. The van der Waals surface area contributed by atoms with Crippen LogP contribution in [0.4, 0.5) is 0 Å². The summed E-state index contributed by atoms with van der Waals surface area (Å²) >= 11 is 0. The van der Waals surface area contributed by atoms with E-state index in [9.17, 15) is 9.90 Å². The summed E-state index contributed by atoms with van der Waals surface area (Å²) in [5, 5.41) is 13.4. The first-order chi connectivity index (χ1) is 10.6. The van der Waals surface area contributed by atoms with Gasteiger partial charge < -0.3 is 15.2 Å². The molecule has 0 aromatic rings. The number of piperidine rings is 1. The fraction of sp³-hybridized carbons (Fsp3) is 0.944.